The third-order valence-corrected chi connectivity index (χ3v) is 4.70. The second-order valence-electron chi connectivity index (χ2n) is 6.19. The Hall–Kier alpha value is -1.93. The fraction of sp³-hybridized carbons (Fsp3) is 0.412. The van der Waals surface area contributed by atoms with Crippen molar-refractivity contribution in [1.29, 1.82) is 0 Å². The summed E-state index contributed by atoms with van der Waals surface area (Å²) in [4.78, 5) is 13.6. The molecule has 0 aliphatic carbocycles. The number of benzene rings is 1. The Labute approximate surface area is 153 Å². The molecule has 2 N–H and O–H groups in total. The van der Waals surface area contributed by atoms with E-state index in [1.165, 1.54) is 6.07 Å². The van der Waals surface area contributed by atoms with Crippen LogP contribution in [0.25, 0.3) is 0 Å². The first kappa shape index (κ1) is 17.9. The molecule has 1 aliphatic heterocycles. The molecule has 6 nitrogen and oxygen atoms in total. The number of aryl methyl sites for hydroxylation is 2. The van der Waals surface area contributed by atoms with Gasteiger partial charge in [-0.3, -0.25) is 9.48 Å². The van der Waals surface area contributed by atoms with Crippen molar-refractivity contribution in [1.82, 2.24) is 9.78 Å². The van der Waals surface area contributed by atoms with Crippen LogP contribution >= 0.6 is 15.9 Å². The van der Waals surface area contributed by atoms with Crippen molar-refractivity contribution in [3.63, 3.8) is 0 Å². The van der Waals surface area contributed by atoms with Crippen LogP contribution in [0.5, 0.6) is 0 Å². The van der Waals surface area contributed by atoms with Gasteiger partial charge in [0.1, 0.15) is 5.82 Å². The monoisotopic (exact) mass is 410 g/mol. The third-order valence-electron chi connectivity index (χ3n) is 4.24. The lowest BCUT2D eigenvalue weighted by molar-refractivity contribution is 0.0269. The SMILES string of the molecule is Cc1cc(C)n(CC2CN(c3cc(Br)cc(F)c3C(N)=O)CCO2)n1. The molecule has 8 heteroatoms. The fourth-order valence-corrected chi connectivity index (χ4v) is 3.57. The van der Waals surface area contributed by atoms with Gasteiger partial charge in [-0.15, -0.1) is 0 Å². The number of anilines is 1. The molecule has 1 amide bonds. The van der Waals surface area contributed by atoms with Crippen LogP contribution in [0.15, 0.2) is 22.7 Å². The summed E-state index contributed by atoms with van der Waals surface area (Å²) in [6.45, 7) is 6.10. The molecule has 3 rings (SSSR count). The number of halogens is 2. The van der Waals surface area contributed by atoms with Gasteiger partial charge in [-0.2, -0.15) is 5.10 Å². The van der Waals surface area contributed by atoms with Crippen molar-refractivity contribution in [3.8, 4) is 0 Å². The highest BCUT2D eigenvalue weighted by molar-refractivity contribution is 9.10. The van der Waals surface area contributed by atoms with E-state index in [0.29, 0.717) is 36.4 Å². The van der Waals surface area contributed by atoms with E-state index in [-0.39, 0.29) is 11.7 Å². The van der Waals surface area contributed by atoms with Crippen LogP contribution in [0, 0.1) is 19.7 Å². The van der Waals surface area contributed by atoms with Crippen LogP contribution in [0.4, 0.5) is 10.1 Å². The third kappa shape index (κ3) is 3.85. The van der Waals surface area contributed by atoms with E-state index in [1.807, 2.05) is 29.5 Å². The smallest absolute Gasteiger partial charge is 0.253 e. The van der Waals surface area contributed by atoms with Crippen LogP contribution in [-0.4, -0.2) is 41.5 Å². The number of amides is 1. The maximum absolute atomic E-state index is 14.2. The minimum Gasteiger partial charge on any atom is -0.373 e. The Balaban J connectivity index is 1.84. The molecule has 1 fully saturated rings. The van der Waals surface area contributed by atoms with Crippen LogP contribution < -0.4 is 10.6 Å². The lowest BCUT2D eigenvalue weighted by Gasteiger charge is -2.35. The van der Waals surface area contributed by atoms with Crippen LogP contribution in [0.1, 0.15) is 21.7 Å². The molecule has 0 radical (unpaired) electrons. The van der Waals surface area contributed by atoms with Gasteiger partial charge in [0.15, 0.2) is 0 Å². The molecule has 0 saturated carbocycles. The number of rotatable bonds is 4. The molecule has 2 heterocycles. The molecule has 0 spiro atoms. The van der Waals surface area contributed by atoms with Crippen LogP contribution in [0.2, 0.25) is 0 Å². The summed E-state index contributed by atoms with van der Waals surface area (Å²) in [6.07, 6.45) is -0.116. The number of morpholine rings is 1. The van der Waals surface area contributed by atoms with Gasteiger partial charge in [0.05, 0.1) is 36.2 Å². The van der Waals surface area contributed by atoms with Gasteiger partial charge < -0.3 is 15.4 Å². The number of hydrogen-bond acceptors (Lipinski definition) is 4. The molecule has 0 bridgehead atoms. The highest BCUT2D eigenvalue weighted by atomic mass is 79.9. The molecule has 25 heavy (non-hydrogen) atoms. The van der Waals surface area contributed by atoms with Crippen molar-refractivity contribution in [2.24, 2.45) is 5.73 Å². The molecular weight excluding hydrogens is 391 g/mol. The summed E-state index contributed by atoms with van der Waals surface area (Å²) in [5.41, 5.74) is 7.80. The average Bonchev–Trinajstić information content (AvgIpc) is 2.84. The van der Waals surface area contributed by atoms with Crippen molar-refractivity contribution in [2.75, 3.05) is 24.6 Å². The molecule has 1 unspecified atom stereocenters. The molecule has 1 aliphatic rings. The fourth-order valence-electron chi connectivity index (χ4n) is 3.15. The topological polar surface area (TPSA) is 73.4 Å². The summed E-state index contributed by atoms with van der Waals surface area (Å²) in [6, 6.07) is 4.97. The zero-order chi connectivity index (χ0) is 18.1. The maximum Gasteiger partial charge on any atom is 0.253 e. The quantitative estimate of drug-likeness (QED) is 0.839. The van der Waals surface area contributed by atoms with E-state index in [4.69, 9.17) is 10.5 Å². The summed E-state index contributed by atoms with van der Waals surface area (Å²) >= 11 is 3.28. The van der Waals surface area contributed by atoms with Gasteiger partial charge in [-0.1, -0.05) is 15.9 Å². The van der Waals surface area contributed by atoms with Crippen molar-refractivity contribution >= 4 is 27.5 Å². The summed E-state index contributed by atoms with van der Waals surface area (Å²) < 4.78 is 22.5. The molecule has 1 atom stereocenters. The first-order valence-electron chi connectivity index (χ1n) is 8.01. The number of carbonyl (C=O) groups excluding carboxylic acids is 1. The van der Waals surface area contributed by atoms with Gasteiger partial charge >= 0.3 is 0 Å². The van der Waals surface area contributed by atoms with E-state index < -0.39 is 11.7 Å². The lowest BCUT2D eigenvalue weighted by Crippen LogP contribution is -2.45. The Morgan fingerprint density at radius 2 is 2.20 bits per heavy atom. The Bertz CT molecular complexity index is 808. The molecule has 2 aromatic rings. The van der Waals surface area contributed by atoms with Crippen molar-refractivity contribution < 1.29 is 13.9 Å². The second kappa shape index (κ2) is 7.13. The first-order valence-corrected chi connectivity index (χ1v) is 8.81. The lowest BCUT2D eigenvalue weighted by atomic mass is 10.1. The first-order chi connectivity index (χ1) is 11.8. The van der Waals surface area contributed by atoms with Crippen LogP contribution in [-0.2, 0) is 11.3 Å². The number of nitrogens with two attached hydrogens (primary N) is 1. The van der Waals surface area contributed by atoms with Gasteiger partial charge in [0, 0.05) is 23.3 Å². The average molecular weight is 411 g/mol. The minimum absolute atomic E-state index is 0.0880. The van der Waals surface area contributed by atoms with Gasteiger partial charge in [0.2, 0.25) is 0 Å². The van der Waals surface area contributed by atoms with E-state index in [0.717, 1.165) is 11.4 Å². The Morgan fingerprint density at radius 1 is 1.44 bits per heavy atom. The summed E-state index contributed by atoms with van der Waals surface area (Å²) in [5.74, 6) is -1.40. The molecular formula is C17H20BrFN4O2. The number of nitrogens with zero attached hydrogens (tertiary/aromatic N) is 3. The molecule has 134 valence electrons. The second-order valence-corrected chi connectivity index (χ2v) is 7.11. The minimum atomic E-state index is -0.776. The number of carbonyl (C=O) groups is 1. The Kier molecular flexibility index (Phi) is 5.10. The van der Waals surface area contributed by atoms with Gasteiger partial charge in [-0.05, 0) is 32.0 Å². The largest absolute Gasteiger partial charge is 0.373 e. The maximum atomic E-state index is 14.2. The number of aromatic nitrogens is 2. The standard InChI is InChI=1S/C17H20BrFN4O2/c1-10-5-11(2)23(21-10)9-13-8-22(3-4-25-13)15-7-12(18)6-14(19)16(15)17(20)24/h5-7,13H,3-4,8-9H2,1-2H3,(H2,20,24). The number of primary amides is 1. The highest BCUT2D eigenvalue weighted by Gasteiger charge is 2.26. The van der Waals surface area contributed by atoms with Crippen molar-refractivity contribution in [3.05, 3.63) is 45.4 Å². The van der Waals surface area contributed by atoms with E-state index in [2.05, 4.69) is 21.0 Å². The zero-order valence-electron chi connectivity index (χ0n) is 14.1. The molecule has 1 aromatic heterocycles. The number of hydrogen-bond donors (Lipinski definition) is 1. The zero-order valence-corrected chi connectivity index (χ0v) is 15.7. The molecule has 1 saturated heterocycles. The van der Waals surface area contributed by atoms with E-state index >= 15 is 0 Å². The van der Waals surface area contributed by atoms with Gasteiger partial charge in [0.25, 0.3) is 5.91 Å². The number of ether oxygens (including phenoxy) is 1. The van der Waals surface area contributed by atoms with E-state index in [9.17, 15) is 9.18 Å². The predicted octanol–water partition coefficient (Wildman–Crippen LogP) is 2.41. The van der Waals surface area contributed by atoms with Gasteiger partial charge in [-0.25, -0.2) is 4.39 Å². The van der Waals surface area contributed by atoms with Crippen LogP contribution in [0.3, 0.4) is 0 Å². The summed E-state index contributed by atoms with van der Waals surface area (Å²) in [7, 11) is 0. The predicted molar refractivity (Wildman–Crippen MR) is 96.3 cm³/mol. The van der Waals surface area contributed by atoms with E-state index in [1.54, 1.807) is 6.07 Å². The summed E-state index contributed by atoms with van der Waals surface area (Å²) in [5, 5.41) is 4.45. The normalized spacial score (nSPS) is 17.8. The molecule has 1 aromatic carbocycles. The van der Waals surface area contributed by atoms with Crippen molar-refractivity contribution in [2.45, 2.75) is 26.5 Å². The highest BCUT2D eigenvalue weighted by Crippen LogP contribution is 2.29. The Morgan fingerprint density at radius 3 is 2.84 bits per heavy atom.